The second-order valence-corrected chi connectivity index (χ2v) is 4.76. The third kappa shape index (κ3) is 2.73. The highest BCUT2D eigenvalue weighted by atomic mass is 35.5. The van der Waals surface area contributed by atoms with E-state index in [4.69, 9.17) is 23.2 Å². The first kappa shape index (κ1) is 11.0. The second-order valence-electron chi connectivity index (χ2n) is 3.79. The third-order valence-electron chi connectivity index (χ3n) is 2.58. The van der Waals surface area contributed by atoms with Crippen LogP contribution in [0.15, 0.2) is 29.8 Å². The van der Waals surface area contributed by atoms with E-state index in [-0.39, 0.29) is 11.2 Å². The molecule has 15 heavy (non-hydrogen) atoms. The number of benzene rings is 1. The molecule has 80 valence electrons. The Morgan fingerprint density at radius 2 is 2.20 bits per heavy atom. The molecule has 1 aromatic rings. The number of alkyl halides is 1. The van der Waals surface area contributed by atoms with Crippen LogP contribution in [0.1, 0.15) is 18.4 Å². The maximum absolute atomic E-state index is 13.0. The molecule has 0 saturated heterocycles. The quantitative estimate of drug-likeness (QED) is 0.536. The van der Waals surface area contributed by atoms with Crippen LogP contribution in [0.25, 0.3) is 0 Å². The Kier molecular flexibility index (Phi) is 3.32. The topological polar surface area (TPSA) is 0 Å². The molecule has 0 spiro atoms. The smallest absolute Gasteiger partial charge is 0.123 e. The highest BCUT2D eigenvalue weighted by Crippen LogP contribution is 2.28. The number of halogens is 3. The lowest BCUT2D eigenvalue weighted by molar-refractivity contribution is 0.626. The molecule has 0 amide bonds. The van der Waals surface area contributed by atoms with E-state index < -0.39 is 0 Å². The molecule has 1 atom stereocenters. The summed E-state index contributed by atoms with van der Waals surface area (Å²) < 4.78 is 13.0. The molecule has 0 bridgehead atoms. The Hall–Kier alpha value is -0.530. The van der Waals surface area contributed by atoms with Crippen LogP contribution in [-0.4, -0.2) is 5.38 Å². The van der Waals surface area contributed by atoms with Crippen LogP contribution in [0.3, 0.4) is 0 Å². The molecule has 0 aliphatic heterocycles. The van der Waals surface area contributed by atoms with Crippen molar-refractivity contribution in [3.05, 3.63) is 46.3 Å². The van der Waals surface area contributed by atoms with Crippen molar-refractivity contribution in [1.29, 1.82) is 0 Å². The average Bonchev–Trinajstić information content (AvgIpc) is 2.58. The van der Waals surface area contributed by atoms with Crippen molar-refractivity contribution in [3.63, 3.8) is 0 Å². The van der Waals surface area contributed by atoms with Crippen LogP contribution in [0.4, 0.5) is 4.39 Å². The van der Waals surface area contributed by atoms with Crippen LogP contribution in [0.2, 0.25) is 5.02 Å². The molecule has 0 N–H and O–H groups in total. The predicted molar refractivity (Wildman–Crippen MR) is 62.1 cm³/mol. The van der Waals surface area contributed by atoms with Crippen molar-refractivity contribution in [2.75, 3.05) is 0 Å². The minimum atomic E-state index is -0.240. The SMILES string of the molecule is Fc1ccc(Cl)c(CC2=CC(Cl)CC2)c1. The van der Waals surface area contributed by atoms with Crippen molar-refractivity contribution in [2.45, 2.75) is 24.6 Å². The highest BCUT2D eigenvalue weighted by molar-refractivity contribution is 6.31. The van der Waals surface area contributed by atoms with E-state index in [0.29, 0.717) is 11.4 Å². The van der Waals surface area contributed by atoms with E-state index in [9.17, 15) is 4.39 Å². The Balaban J connectivity index is 2.17. The van der Waals surface area contributed by atoms with E-state index in [1.165, 1.54) is 17.7 Å². The molecule has 0 fully saturated rings. The molecule has 0 aromatic heterocycles. The van der Waals surface area contributed by atoms with Crippen molar-refractivity contribution in [2.24, 2.45) is 0 Å². The van der Waals surface area contributed by atoms with Gasteiger partial charge in [-0.25, -0.2) is 4.39 Å². The monoisotopic (exact) mass is 244 g/mol. The molecule has 0 saturated carbocycles. The lowest BCUT2D eigenvalue weighted by Crippen LogP contribution is -1.90. The zero-order valence-electron chi connectivity index (χ0n) is 8.14. The standard InChI is InChI=1S/C12H11Cl2F/c13-10-2-1-8(6-10)5-9-7-11(15)3-4-12(9)14/h3-4,6-7,10H,1-2,5H2. The van der Waals surface area contributed by atoms with Gasteiger partial charge < -0.3 is 0 Å². The van der Waals surface area contributed by atoms with Gasteiger partial charge in [-0.05, 0) is 43.0 Å². The van der Waals surface area contributed by atoms with Gasteiger partial charge >= 0.3 is 0 Å². The van der Waals surface area contributed by atoms with Gasteiger partial charge in [0.25, 0.3) is 0 Å². The molecule has 1 aliphatic carbocycles. The van der Waals surface area contributed by atoms with Gasteiger partial charge in [-0.2, -0.15) is 0 Å². The number of rotatable bonds is 2. The molecule has 2 rings (SSSR count). The Morgan fingerprint density at radius 3 is 2.87 bits per heavy atom. The summed E-state index contributed by atoms with van der Waals surface area (Å²) in [5, 5.41) is 0.752. The van der Waals surface area contributed by atoms with E-state index in [1.54, 1.807) is 6.07 Å². The fourth-order valence-corrected chi connectivity index (χ4v) is 2.29. The molecule has 3 heteroatoms. The minimum absolute atomic E-state index is 0.132. The normalized spacial score (nSPS) is 20.5. The van der Waals surface area contributed by atoms with Gasteiger partial charge in [0.15, 0.2) is 0 Å². The Bertz CT molecular complexity index is 399. The lowest BCUT2D eigenvalue weighted by atomic mass is 10.0. The van der Waals surface area contributed by atoms with Crippen LogP contribution in [0.5, 0.6) is 0 Å². The second kappa shape index (κ2) is 4.54. The van der Waals surface area contributed by atoms with E-state index in [0.717, 1.165) is 18.4 Å². The summed E-state index contributed by atoms with van der Waals surface area (Å²) in [5.74, 6) is -0.240. The summed E-state index contributed by atoms with van der Waals surface area (Å²) in [7, 11) is 0. The maximum atomic E-state index is 13.0. The molecule has 1 unspecified atom stereocenters. The Morgan fingerprint density at radius 1 is 1.40 bits per heavy atom. The molecular weight excluding hydrogens is 234 g/mol. The van der Waals surface area contributed by atoms with Gasteiger partial charge in [0.2, 0.25) is 0 Å². The van der Waals surface area contributed by atoms with Gasteiger partial charge in [0.05, 0.1) is 5.38 Å². The first-order valence-corrected chi connectivity index (χ1v) is 5.74. The summed E-state index contributed by atoms with van der Waals surface area (Å²) in [6.07, 6.45) is 4.72. The number of hydrogen-bond acceptors (Lipinski definition) is 0. The van der Waals surface area contributed by atoms with Gasteiger partial charge in [0.1, 0.15) is 5.82 Å². The molecule has 1 aliphatic rings. The van der Waals surface area contributed by atoms with Gasteiger partial charge in [-0.15, -0.1) is 11.6 Å². The molecule has 0 nitrogen and oxygen atoms in total. The third-order valence-corrected chi connectivity index (χ3v) is 3.30. The summed E-state index contributed by atoms with van der Waals surface area (Å²) >= 11 is 11.9. The summed E-state index contributed by atoms with van der Waals surface area (Å²) in [6.45, 7) is 0. The van der Waals surface area contributed by atoms with Crippen LogP contribution < -0.4 is 0 Å². The van der Waals surface area contributed by atoms with Gasteiger partial charge in [0, 0.05) is 5.02 Å². The number of hydrogen-bond donors (Lipinski definition) is 0. The van der Waals surface area contributed by atoms with Gasteiger partial charge in [-0.1, -0.05) is 23.3 Å². The van der Waals surface area contributed by atoms with Crippen molar-refractivity contribution < 1.29 is 4.39 Å². The molecular formula is C12H11Cl2F. The molecule has 0 heterocycles. The molecule has 0 radical (unpaired) electrons. The minimum Gasteiger partial charge on any atom is -0.207 e. The maximum Gasteiger partial charge on any atom is 0.123 e. The fraction of sp³-hybridized carbons (Fsp3) is 0.333. The van der Waals surface area contributed by atoms with Crippen molar-refractivity contribution >= 4 is 23.2 Å². The van der Waals surface area contributed by atoms with E-state index in [2.05, 4.69) is 0 Å². The summed E-state index contributed by atoms with van der Waals surface area (Å²) in [4.78, 5) is 0. The van der Waals surface area contributed by atoms with Crippen molar-refractivity contribution in [1.82, 2.24) is 0 Å². The zero-order chi connectivity index (χ0) is 10.8. The average molecular weight is 245 g/mol. The van der Waals surface area contributed by atoms with Crippen molar-refractivity contribution in [3.8, 4) is 0 Å². The first-order valence-electron chi connectivity index (χ1n) is 4.93. The van der Waals surface area contributed by atoms with Crippen LogP contribution in [-0.2, 0) is 6.42 Å². The molecule has 1 aromatic carbocycles. The van der Waals surface area contributed by atoms with Crippen LogP contribution in [0, 0.1) is 5.82 Å². The van der Waals surface area contributed by atoms with Crippen LogP contribution >= 0.6 is 23.2 Å². The van der Waals surface area contributed by atoms with Gasteiger partial charge in [-0.3, -0.25) is 0 Å². The first-order chi connectivity index (χ1) is 7.15. The Labute approximate surface area is 98.7 Å². The fourth-order valence-electron chi connectivity index (χ4n) is 1.82. The summed E-state index contributed by atoms with van der Waals surface area (Å²) in [5.41, 5.74) is 2.09. The lowest BCUT2D eigenvalue weighted by Gasteiger charge is -2.04. The number of allylic oxidation sites excluding steroid dienone is 2. The van der Waals surface area contributed by atoms with E-state index >= 15 is 0 Å². The summed E-state index contributed by atoms with van der Waals surface area (Å²) in [6, 6.07) is 4.46. The highest BCUT2D eigenvalue weighted by Gasteiger charge is 2.14. The zero-order valence-corrected chi connectivity index (χ0v) is 9.65. The predicted octanol–water partition coefficient (Wildman–Crippen LogP) is 4.35. The largest absolute Gasteiger partial charge is 0.207 e. The van der Waals surface area contributed by atoms with E-state index in [1.807, 2.05) is 6.08 Å².